The summed E-state index contributed by atoms with van der Waals surface area (Å²) >= 11 is 0. The molecular weight excluding hydrogens is 403 g/mol. The van der Waals surface area contributed by atoms with Crippen LogP contribution in [0.1, 0.15) is 45.4 Å². The van der Waals surface area contributed by atoms with Crippen LogP contribution in [-0.4, -0.2) is 49.5 Å². The van der Waals surface area contributed by atoms with Crippen molar-refractivity contribution in [3.05, 3.63) is 0 Å². The molecule has 1 heterocycles. The molecule has 2 atom stereocenters. The summed E-state index contributed by atoms with van der Waals surface area (Å²) in [5, 5.41) is 6.41. The van der Waals surface area contributed by atoms with Crippen LogP contribution in [0.4, 0.5) is 0 Å². The Bertz CT molecular complexity index is 411. The molecule has 1 aliphatic heterocycles. The third-order valence-electron chi connectivity index (χ3n) is 5.23. The zero-order valence-electron chi connectivity index (χ0n) is 14.2. The second-order valence-electron chi connectivity index (χ2n) is 7.01. The van der Waals surface area contributed by atoms with Crippen molar-refractivity contribution in [3.8, 4) is 0 Å². The molecule has 0 aromatic rings. The quantitative estimate of drug-likeness (QED) is 0.302. The Kier molecular flexibility index (Phi) is 7.43. The molecule has 3 aliphatic rings. The van der Waals surface area contributed by atoms with Gasteiger partial charge in [-0.25, -0.2) is 0 Å². The minimum Gasteiger partial charge on any atom is -0.357 e. The van der Waals surface area contributed by atoms with E-state index in [0.717, 1.165) is 50.3 Å². The number of carbonyl (C=O) groups excluding carboxylic acids is 1. The summed E-state index contributed by atoms with van der Waals surface area (Å²) in [6.45, 7) is 6.67. The molecule has 23 heavy (non-hydrogen) atoms. The van der Waals surface area contributed by atoms with E-state index in [-0.39, 0.29) is 29.9 Å². The van der Waals surface area contributed by atoms with Crippen LogP contribution in [0.2, 0.25) is 0 Å². The molecule has 1 amide bonds. The summed E-state index contributed by atoms with van der Waals surface area (Å²) in [4.78, 5) is 18.8. The molecule has 6 heteroatoms. The fraction of sp³-hybridized carbons (Fsp3) is 0.882. The Morgan fingerprint density at radius 3 is 2.30 bits per heavy atom. The third kappa shape index (κ3) is 5.22. The van der Waals surface area contributed by atoms with Crippen molar-refractivity contribution in [1.82, 2.24) is 15.5 Å². The molecule has 3 fully saturated rings. The van der Waals surface area contributed by atoms with Gasteiger partial charge >= 0.3 is 0 Å². The van der Waals surface area contributed by atoms with E-state index in [2.05, 4.69) is 22.5 Å². The molecule has 132 valence electrons. The van der Waals surface area contributed by atoms with Crippen LogP contribution in [0.5, 0.6) is 0 Å². The highest BCUT2D eigenvalue weighted by atomic mass is 127. The van der Waals surface area contributed by atoms with E-state index < -0.39 is 0 Å². The van der Waals surface area contributed by atoms with Gasteiger partial charge in [-0.15, -0.1) is 24.0 Å². The van der Waals surface area contributed by atoms with E-state index in [1.54, 1.807) is 0 Å². The van der Waals surface area contributed by atoms with Crippen molar-refractivity contribution in [2.75, 3.05) is 32.7 Å². The van der Waals surface area contributed by atoms with Gasteiger partial charge in [0.2, 0.25) is 5.91 Å². The Hall–Kier alpha value is -0.530. The van der Waals surface area contributed by atoms with Gasteiger partial charge in [-0.05, 0) is 44.4 Å². The molecule has 2 N–H and O–H groups in total. The Balaban J connectivity index is 0.00000192. The van der Waals surface area contributed by atoms with Gasteiger partial charge in [0.25, 0.3) is 0 Å². The van der Waals surface area contributed by atoms with Crippen molar-refractivity contribution in [2.45, 2.75) is 45.4 Å². The number of guanidine groups is 1. The largest absolute Gasteiger partial charge is 0.357 e. The van der Waals surface area contributed by atoms with E-state index in [9.17, 15) is 4.79 Å². The average molecular weight is 434 g/mol. The zero-order chi connectivity index (χ0) is 15.4. The number of amides is 1. The number of rotatable bonds is 5. The number of likely N-dealkylation sites (tertiary alicyclic amines) is 1. The van der Waals surface area contributed by atoms with Crippen molar-refractivity contribution >= 4 is 35.8 Å². The van der Waals surface area contributed by atoms with E-state index >= 15 is 0 Å². The van der Waals surface area contributed by atoms with Crippen LogP contribution in [0.3, 0.4) is 0 Å². The van der Waals surface area contributed by atoms with Crippen LogP contribution in [0.15, 0.2) is 4.99 Å². The summed E-state index contributed by atoms with van der Waals surface area (Å²) in [5.74, 6) is 3.28. The topological polar surface area (TPSA) is 56.7 Å². The van der Waals surface area contributed by atoms with Crippen molar-refractivity contribution in [1.29, 1.82) is 0 Å². The van der Waals surface area contributed by atoms with Crippen LogP contribution >= 0.6 is 24.0 Å². The lowest BCUT2D eigenvalue weighted by molar-refractivity contribution is -0.122. The van der Waals surface area contributed by atoms with Crippen LogP contribution < -0.4 is 10.6 Å². The molecule has 2 saturated carbocycles. The minimum absolute atomic E-state index is 0. The predicted molar refractivity (Wildman–Crippen MR) is 104 cm³/mol. The van der Waals surface area contributed by atoms with E-state index in [1.165, 1.54) is 25.7 Å². The maximum atomic E-state index is 11.6. The molecule has 0 aromatic heterocycles. The number of carbonyl (C=O) groups is 1. The lowest BCUT2D eigenvalue weighted by Gasteiger charge is -2.22. The fourth-order valence-electron chi connectivity index (χ4n) is 3.84. The summed E-state index contributed by atoms with van der Waals surface area (Å²) in [6.07, 6.45) is 7.70. The molecule has 2 unspecified atom stereocenters. The summed E-state index contributed by atoms with van der Waals surface area (Å²) in [7, 11) is 0. The highest BCUT2D eigenvalue weighted by molar-refractivity contribution is 14.0. The number of hydrogen-bond donors (Lipinski definition) is 2. The van der Waals surface area contributed by atoms with Crippen LogP contribution in [0.25, 0.3) is 0 Å². The Morgan fingerprint density at radius 2 is 1.74 bits per heavy atom. The summed E-state index contributed by atoms with van der Waals surface area (Å²) in [5.41, 5.74) is 0. The van der Waals surface area contributed by atoms with Crippen molar-refractivity contribution in [2.24, 2.45) is 22.7 Å². The molecule has 0 radical (unpaired) electrons. The lowest BCUT2D eigenvalue weighted by atomic mass is 9.82. The second kappa shape index (κ2) is 9.08. The van der Waals surface area contributed by atoms with Crippen LogP contribution in [0, 0.1) is 17.8 Å². The van der Waals surface area contributed by atoms with Gasteiger partial charge in [0.15, 0.2) is 5.96 Å². The molecule has 0 bridgehead atoms. The standard InChI is InChI=1S/C17H30N4O.HI/c1-2-18-17(20-10-9-19-16(22)13-7-8-13)21-11-14-5-3-4-6-15(14)12-21;/h13-15H,2-12H2,1H3,(H,18,20)(H,19,22);1H. The average Bonchev–Trinajstić information content (AvgIpc) is 3.29. The first kappa shape index (κ1) is 18.8. The van der Waals surface area contributed by atoms with Crippen LogP contribution in [-0.2, 0) is 4.79 Å². The molecule has 0 aromatic carbocycles. The molecule has 1 saturated heterocycles. The van der Waals surface area contributed by atoms with E-state index in [4.69, 9.17) is 4.99 Å². The first-order valence-corrected chi connectivity index (χ1v) is 9.09. The summed E-state index contributed by atoms with van der Waals surface area (Å²) < 4.78 is 0. The Labute approximate surface area is 157 Å². The maximum Gasteiger partial charge on any atom is 0.223 e. The Morgan fingerprint density at radius 1 is 1.09 bits per heavy atom. The molecule has 3 rings (SSSR count). The second-order valence-corrected chi connectivity index (χ2v) is 7.01. The van der Waals surface area contributed by atoms with Gasteiger partial charge in [-0.2, -0.15) is 0 Å². The monoisotopic (exact) mass is 434 g/mol. The number of halogens is 1. The van der Waals surface area contributed by atoms with Gasteiger partial charge in [-0.3, -0.25) is 9.79 Å². The zero-order valence-corrected chi connectivity index (χ0v) is 16.6. The number of nitrogens with one attached hydrogen (secondary N) is 2. The molecule has 5 nitrogen and oxygen atoms in total. The first-order valence-electron chi connectivity index (χ1n) is 9.09. The van der Waals surface area contributed by atoms with E-state index in [1.807, 2.05) is 0 Å². The van der Waals surface area contributed by atoms with Crippen molar-refractivity contribution < 1.29 is 4.79 Å². The summed E-state index contributed by atoms with van der Waals surface area (Å²) in [6, 6.07) is 0. The molecule has 2 aliphatic carbocycles. The number of hydrogen-bond acceptors (Lipinski definition) is 2. The molecular formula is C17H31IN4O. The van der Waals surface area contributed by atoms with Gasteiger partial charge in [-0.1, -0.05) is 12.8 Å². The first-order chi connectivity index (χ1) is 10.8. The van der Waals surface area contributed by atoms with E-state index in [0.29, 0.717) is 19.0 Å². The minimum atomic E-state index is 0. The number of nitrogens with zero attached hydrogens (tertiary/aromatic N) is 2. The van der Waals surface area contributed by atoms with Gasteiger partial charge in [0.05, 0.1) is 6.54 Å². The smallest absolute Gasteiger partial charge is 0.223 e. The number of aliphatic imine (C=N–C) groups is 1. The highest BCUT2D eigenvalue weighted by Crippen LogP contribution is 2.35. The van der Waals surface area contributed by atoms with Gasteiger partial charge in [0.1, 0.15) is 0 Å². The SMILES string of the molecule is CCNC(=NCCNC(=O)C1CC1)N1CC2CCCCC2C1.I. The fourth-order valence-corrected chi connectivity index (χ4v) is 3.84. The lowest BCUT2D eigenvalue weighted by Crippen LogP contribution is -2.41. The predicted octanol–water partition coefficient (Wildman–Crippen LogP) is 2.22. The van der Waals surface area contributed by atoms with Gasteiger partial charge < -0.3 is 15.5 Å². The maximum absolute atomic E-state index is 11.6. The van der Waals surface area contributed by atoms with Gasteiger partial charge in [0, 0.05) is 32.1 Å². The highest BCUT2D eigenvalue weighted by Gasteiger charge is 2.35. The van der Waals surface area contributed by atoms with Crippen molar-refractivity contribution in [3.63, 3.8) is 0 Å². The normalized spacial score (nSPS) is 27.2. The molecule has 0 spiro atoms. The number of fused-ring (bicyclic) bond motifs is 1. The third-order valence-corrected chi connectivity index (χ3v) is 5.23.